The molecule has 0 atom stereocenters. The van der Waals surface area contributed by atoms with Gasteiger partial charge < -0.3 is 4.98 Å². The number of aromatic nitrogens is 1. The fourth-order valence-electron chi connectivity index (χ4n) is 1.12. The van der Waals surface area contributed by atoms with Gasteiger partial charge in [-0.1, -0.05) is 46.9 Å². The highest BCUT2D eigenvalue weighted by atomic mass is 14.7. The predicted molar refractivity (Wildman–Crippen MR) is 66.1 cm³/mol. The van der Waals surface area contributed by atoms with Gasteiger partial charge in [-0.15, -0.1) is 0 Å². The first-order valence-corrected chi connectivity index (χ1v) is 5.15. The van der Waals surface area contributed by atoms with Crippen LogP contribution in [0.15, 0.2) is 25.4 Å². The van der Waals surface area contributed by atoms with Crippen LogP contribution in [0.5, 0.6) is 0 Å². The van der Waals surface area contributed by atoms with Crippen LogP contribution in [0.1, 0.15) is 39.0 Å². The molecule has 0 aliphatic rings. The lowest BCUT2D eigenvalue weighted by molar-refractivity contribution is 0.852. The Kier molecular flexibility index (Phi) is 5.70. The summed E-state index contributed by atoms with van der Waals surface area (Å²) in [7, 11) is 0. The standard InChI is InChI=1S/C11H15N.C2H6/c1-5-10-6-7-12-11(10)9(4)8(2)3;1-2/h5-8,12H,1,4H2,2-3H3;1-2H3. The van der Waals surface area contributed by atoms with E-state index in [0.29, 0.717) is 5.92 Å². The zero-order valence-electron chi connectivity index (χ0n) is 9.72. The quantitative estimate of drug-likeness (QED) is 0.731. The first-order chi connectivity index (χ1) is 6.66. The van der Waals surface area contributed by atoms with Crippen molar-refractivity contribution < 1.29 is 0 Å². The third-order valence-electron chi connectivity index (χ3n) is 2.02. The minimum atomic E-state index is 0.474. The molecular weight excluding hydrogens is 170 g/mol. The summed E-state index contributed by atoms with van der Waals surface area (Å²) >= 11 is 0. The van der Waals surface area contributed by atoms with Crippen molar-refractivity contribution in [2.24, 2.45) is 5.92 Å². The highest BCUT2D eigenvalue weighted by Crippen LogP contribution is 2.23. The van der Waals surface area contributed by atoms with Crippen molar-refractivity contribution in [3.8, 4) is 0 Å². The molecule has 0 saturated carbocycles. The van der Waals surface area contributed by atoms with Gasteiger partial charge in [-0.25, -0.2) is 0 Å². The van der Waals surface area contributed by atoms with E-state index in [2.05, 4.69) is 32.0 Å². The molecule has 1 nitrogen and oxygen atoms in total. The van der Waals surface area contributed by atoms with Gasteiger partial charge >= 0.3 is 0 Å². The minimum absolute atomic E-state index is 0.474. The van der Waals surface area contributed by atoms with E-state index in [4.69, 9.17) is 0 Å². The number of aromatic amines is 1. The SMILES string of the molecule is C=Cc1cc[nH]c1C(=C)C(C)C.CC. The Hall–Kier alpha value is -1.24. The fourth-order valence-corrected chi connectivity index (χ4v) is 1.12. The molecule has 0 radical (unpaired) electrons. The van der Waals surface area contributed by atoms with Crippen LogP contribution >= 0.6 is 0 Å². The molecule has 1 aromatic heterocycles. The number of nitrogens with one attached hydrogen (secondary N) is 1. The van der Waals surface area contributed by atoms with Gasteiger partial charge in [0.05, 0.1) is 0 Å². The van der Waals surface area contributed by atoms with Crippen LogP contribution in [0.4, 0.5) is 0 Å². The van der Waals surface area contributed by atoms with Gasteiger partial charge in [0.15, 0.2) is 0 Å². The second-order valence-corrected chi connectivity index (χ2v) is 3.19. The largest absolute Gasteiger partial charge is 0.361 e. The molecule has 1 rings (SSSR count). The number of H-pyrrole nitrogens is 1. The van der Waals surface area contributed by atoms with Crippen LogP contribution in [-0.2, 0) is 0 Å². The van der Waals surface area contributed by atoms with Gasteiger partial charge in [0.1, 0.15) is 0 Å². The summed E-state index contributed by atoms with van der Waals surface area (Å²) in [6, 6.07) is 2.01. The van der Waals surface area contributed by atoms with Gasteiger partial charge in [-0.3, -0.25) is 0 Å². The lowest BCUT2D eigenvalue weighted by Gasteiger charge is -2.08. The zero-order valence-corrected chi connectivity index (χ0v) is 9.72. The van der Waals surface area contributed by atoms with Crippen LogP contribution in [0, 0.1) is 5.92 Å². The van der Waals surface area contributed by atoms with Crippen LogP contribution in [0.3, 0.4) is 0 Å². The molecule has 0 spiro atoms. The lowest BCUT2D eigenvalue weighted by Crippen LogP contribution is -1.93. The first kappa shape index (κ1) is 12.8. The molecular formula is C13H21N. The normalized spacial score (nSPS) is 9.21. The maximum atomic E-state index is 4.03. The van der Waals surface area contributed by atoms with Crippen LogP contribution in [0.25, 0.3) is 11.6 Å². The highest BCUT2D eigenvalue weighted by Gasteiger charge is 2.07. The lowest BCUT2D eigenvalue weighted by atomic mass is 9.99. The molecule has 0 bridgehead atoms. The van der Waals surface area contributed by atoms with Crippen molar-refractivity contribution in [1.82, 2.24) is 4.98 Å². The van der Waals surface area contributed by atoms with Crippen molar-refractivity contribution >= 4 is 11.6 Å². The first-order valence-electron chi connectivity index (χ1n) is 5.15. The van der Waals surface area contributed by atoms with Crippen molar-refractivity contribution in [1.29, 1.82) is 0 Å². The molecule has 1 N–H and O–H groups in total. The Morgan fingerprint density at radius 1 is 1.43 bits per heavy atom. The van der Waals surface area contributed by atoms with Crippen LogP contribution < -0.4 is 0 Å². The molecule has 0 amide bonds. The summed E-state index contributed by atoms with van der Waals surface area (Å²) in [4.78, 5) is 3.17. The predicted octanol–water partition coefficient (Wildman–Crippen LogP) is 4.35. The molecule has 0 saturated heterocycles. The topological polar surface area (TPSA) is 15.8 Å². The third-order valence-corrected chi connectivity index (χ3v) is 2.02. The van der Waals surface area contributed by atoms with Gasteiger partial charge in [0.25, 0.3) is 0 Å². The third kappa shape index (κ3) is 2.91. The smallest absolute Gasteiger partial charge is 0.0482 e. The summed E-state index contributed by atoms with van der Waals surface area (Å²) in [6.07, 6.45) is 3.76. The zero-order chi connectivity index (χ0) is 11.1. The maximum absolute atomic E-state index is 4.03. The summed E-state index contributed by atoms with van der Waals surface area (Å²) < 4.78 is 0. The summed E-state index contributed by atoms with van der Waals surface area (Å²) in [5.74, 6) is 0.474. The molecule has 1 aromatic rings. The minimum Gasteiger partial charge on any atom is -0.361 e. The Balaban J connectivity index is 0.000000791. The number of allylic oxidation sites excluding steroid dienone is 1. The van der Waals surface area contributed by atoms with Crippen molar-refractivity contribution in [3.05, 3.63) is 36.7 Å². The van der Waals surface area contributed by atoms with Crippen molar-refractivity contribution in [3.63, 3.8) is 0 Å². The molecule has 1 heterocycles. The Morgan fingerprint density at radius 2 is 2.00 bits per heavy atom. The molecule has 0 fully saturated rings. The summed E-state index contributed by atoms with van der Waals surface area (Å²) in [6.45, 7) is 16.0. The van der Waals surface area contributed by atoms with Gasteiger partial charge in [0.2, 0.25) is 0 Å². The molecule has 14 heavy (non-hydrogen) atoms. The van der Waals surface area contributed by atoms with Crippen molar-refractivity contribution in [2.75, 3.05) is 0 Å². The van der Waals surface area contributed by atoms with Crippen molar-refractivity contribution in [2.45, 2.75) is 27.7 Å². The number of rotatable bonds is 3. The van der Waals surface area contributed by atoms with E-state index in [1.54, 1.807) is 0 Å². The molecule has 0 aliphatic heterocycles. The monoisotopic (exact) mass is 191 g/mol. The van der Waals surface area contributed by atoms with Gasteiger partial charge in [0, 0.05) is 11.9 Å². The average Bonchev–Trinajstić information content (AvgIpc) is 2.67. The van der Waals surface area contributed by atoms with E-state index in [-0.39, 0.29) is 0 Å². The Morgan fingerprint density at radius 3 is 2.43 bits per heavy atom. The Labute approximate surface area is 87.6 Å². The number of hydrogen-bond acceptors (Lipinski definition) is 0. The Bertz CT molecular complexity index is 292. The van der Waals surface area contributed by atoms with Gasteiger partial charge in [-0.2, -0.15) is 0 Å². The van der Waals surface area contributed by atoms with E-state index >= 15 is 0 Å². The summed E-state index contributed by atoms with van der Waals surface area (Å²) in [5, 5.41) is 0. The van der Waals surface area contributed by atoms with E-state index in [0.717, 1.165) is 16.8 Å². The molecule has 0 aromatic carbocycles. The molecule has 1 heteroatoms. The summed E-state index contributed by atoms with van der Waals surface area (Å²) in [5.41, 5.74) is 3.38. The molecule has 0 unspecified atom stereocenters. The second-order valence-electron chi connectivity index (χ2n) is 3.19. The van der Waals surface area contributed by atoms with Crippen LogP contribution in [-0.4, -0.2) is 4.98 Å². The second kappa shape index (κ2) is 6.25. The average molecular weight is 191 g/mol. The molecule has 78 valence electrons. The van der Waals surface area contributed by atoms with E-state index in [1.807, 2.05) is 32.2 Å². The van der Waals surface area contributed by atoms with E-state index in [1.165, 1.54) is 0 Å². The fraction of sp³-hybridized carbons (Fsp3) is 0.385. The maximum Gasteiger partial charge on any atom is 0.0482 e. The molecule has 0 aliphatic carbocycles. The van der Waals surface area contributed by atoms with E-state index in [9.17, 15) is 0 Å². The van der Waals surface area contributed by atoms with Gasteiger partial charge in [-0.05, 0) is 23.1 Å². The van der Waals surface area contributed by atoms with Crippen LogP contribution in [0.2, 0.25) is 0 Å². The highest BCUT2D eigenvalue weighted by molar-refractivity contribution is 5.70. The van der Waals surface area contributed by atoms with E-state index < -0.39 is 0 Å². The number of hydrogen-bond donors (Lipinski definition) is 1.